The molecule has 0 spiro atoms. The van der Waals surface area contributed by atoms with E-state index in [4.69, 9.17) is 9.39 Å². The van der Waals surface area contributed by atoms with Crippen molar-refractivity contribution in [3.8, 4) is 0 Å². The largest absolute Gasteiger partial charge is 0.483 e. The van der Waals surface area contributed by atoms with Crippen LogP contribution in [0.15, 0.2) is 54.0 Å². The Morgan fingerprint density at radius 3 is 2.95 bits per heavy atom. The average Bonchev–Trinajstić information content (AvgIpc) is 2.45. The van der Waals surface area contributed by atoms with Gasteiger partial charge >= 0.3 is 7.12 Å². The van der Waals surface area contributed by atoms with E-state index in [1.807, 2.05) is 12.1 Å². The molecule has 1 atom stereocenters. The second-order valence-corrected chi connectivity index (χ2v) is 4.98. The molecule has 1 N–H and O–H groups in total. The summed E-state index contributed by atoms with van der Waals surface area (Å²) in [6, 6.07) is 10.4. The second-order valence-electron chi connectivity index (χ2n) is 4.98. The third-order valence-electron chi connectivity index (χ3n) is 3.28. The van der Waals surface area contributed by atoms with E-state index in [-0.39, 0.29) is 6.10 Å². The van der Waals surface area contributed by atoms with Crippen molar-refractivity contribution in [3.63, 3.8) is 0 Å². The number of rotatable bonds is 6. The minimum atomic E-state index is -0.822. The molecule has 4 heteroatoms. The van der Waals surface area contributed by atoms with Gasteiger partial charge in [0.25, 0.3) is 0 Å². The van der Waals surface area contributed by atoms with Gasteiger partial charge in [-0.05, 0) is 30.4 Å². The fourth-order valence-corrected chi connectivity index (χ4v) is 2.34. The quantitative estimate of drug-likeness (QED) is 0.639. The number of hydrogen-bond donors (Lipinski definition) is 1. The van der Waals surface area contributed by atoms with Crippen LogP contribution in [0.3, 0.4) is 0 Å². The van der Waals surface area contributed by atoms with Gasteiger partial charge in [0, 0.05) is 7.11 Å². The number of benzene rings is 1. The molecule has 1 unspecified atom stereocenters. The van der Waals surface area contributed by atoms with Crippen LogP contribution in [0.25, 0.3) is 0 Å². The van der Waals surface area contributed by atoms with Gasteiger partial charge in [0.15, 0.2) is 0 Å². The molecular weight excluding hydrogens is 251 g/mol. The number of methoxy groups -OCH3 is 1. The lowest BCUT2D eigenvalue weighted by Crippen LogP contribution is -2.29. The van der Waals surface area contributed by atoms with Crippen LogP contribution in [0.4, 0.5) is 0 Å². The first-order valence-corrected chi connectivity index (χ1v) is 7.00. The maximum Gasteiger partial charge on any atom is 0.483 e. The number of allylic oxidation sites excluding steroid dienone is 1. The Bertz CT molecular complexity index is 456. The van der Waals surface area contributed by atoms with Crippen molar-refractivity contribution in [2.24, 2.45) is 0 Å². The first-order valence-electron chi connectivity index (χ1n) is 7.00. The zero-order valence-electron chi connectivity index (χ0n) is 11.9. The van der Waals surface area contributed by atoms with Gasteiger partial charge < -0.3 is 14.4 Å². The van der Waals surface area contributed by atoms with Crippen molar-refractivity contribution in [3.05, 3.63) is 59.6 Å². The van der Waals surface area contributed by atoms with Crippen molar-refractivity contribution < 1.29 is 14.4 Å². The predicted molar refractivity (Wildman–Crippen MR) is 81.3 cm³/mol. The Morgan fingerprint density at radius 1 is 1.40 bits per heavy atom. The summed E-state index contributed by atoms with van der Waals surface area (Å²) in [5.74, 6) is 1.72. The van der Waals surface area contributed by atoms with Crippen molar-refractivity contribution in [1.82, 2.24) is 0 Å². The van der Waals surface area contributed by atoms with Gasteiger partial charge in [-0.15, -0.1) is 0 Å². The summed E-state index contributed by atoms with van der Waals surface area (Å²) in [7, 11) is 0.839. The molecule has 1 aromatic carbocycles. The van der Waals surface area contributed by atoms with Crippen LogP contribution in [0.1, 0.15) is 18.4 Å². The van der Waals surface area contributed by atoms with Gasteiger partial charge in [-0.25, -0.2) is 0 Å². The summed E-state index contributed by atoms with van der Waals surface area (Å²) < 4.78 is 10.6. The topological polar surface area (TPSA) is 38.7 Å². The smallest absolute Gasteiger partial charge is 0.423 e. The summed E-state index contributed by atoms with van der Waals surface area (Å²) in [4.78, 5) is 0. The molecule has 0 saturated heterocycles. The van der Waals surface area contributed by atoms with E-state index in [0.717, 1.165) is 24.8 Å². The molecule has 1 aliphatic heterocycles. The molecule has 1 aromatic rings. The summed E-state index contributed by atoms with van der Waals surface area (Å²) in [5, 5.41) is 9.62. The number of hydrogen-bond acceptors (Lipinski definition) is 3. The lowest BCUT2D eigenvalue weighted by atomic mass is 9.82. The molecule has 0 amide bonds. The Kier molecular flexibility index (Phi) is 6.05. The van der Waals surface area contributed by atoms with Crippen LogP contribution in [-0.4, -0.2) is 32.0 Å². The van der Waals surface area contributed by atoms with E-state index in [9.17, 15) is 5.02 Å². The highest BCUT2D eigenvalue weighted by Gasteiger charge is 2.23. The van der Waals surface area contributed by atoms with Gasteiger partial charge in [-0.3, -0.25) is 0 Å². The molecule has 1 aliphatic rings. The van der Waals surface area contributed by atoms with Crippen LogP contribution in [-0.2, 0) is 15.8 Å². The first kappa shape index (κ1) is 15.0. The Labute approximate surface area is 121 Å². The molecule has 106 valence electrons. The van der Waals surface area contributed by atoms with Gasteiger partial charge in [-0.2, -0.15) is 0 Å². The van der Waals surface area contributed by atoms with Gasteiger partial charge in [0.05, 0.1) is 12.7 Å². The summed E-state index contributed by atoms with van der Waals surface area (Å²) >= 11 is 0. The molecule has 1 heterocycles. The number of ether oxygens (including phenoxy) is 1. The lowest BCUT2D eigenvalue weighted by molar-refractivity contribution is 0.181. The summed E-state index contributed by atoms with van der Waals surface area (Å²) in [6.45, 7) is 0.550. The summed E-state index contributed by atoms with van der Waals surface area (Å²) in [6.07, 6.45) is 6.88. The van der Waals surface area contributed by atoms with Crippen molar-refractivity contribution in [2.75, 3.05) is 13.7 Å². The van der Waals surface area contributed by atoms with E-state index in [2.05, 4.69) is 30.3 Å². The Hall–Kier alpha value is -1.36. The van der Waals surface area contributed by atoms with Crippen LogP contribution >= 0.6 is 0 Å². The van der Waals surface area contributed by atoms with E-state index < -0.39 is 7.12 Å². The Morgan fingerprint density at radius 2 is 2.20 bits per heavy atom. The molecule has 0 radical (unpaired) electrons. The fraction of sp³-hybridized carbons (Fsp3) is 0.375. The monoisotopic (exact) mass is 272 g/mol. The van der Waals surface area contributed by atoms with E-state index >= 15 is 0 Å². The fourth-order valence-electron chi connectivity index (χ4n) is 2.34. The van der Waals surface area contributed by atoms with Crippen molar-refractivity contribution in [2.45, 2.75) is 25.4 Å². The molecule has 0 aliphatic carbocycles. The van der Waals surface area contributed by atoms with Crippen LogP contribution in [0.2, 0.25) is 0 Å². The van der Waals surface area contributed by atoms with E-state index in [1.165, 1.54) is 5.56 Å². The molecule has 0 fully saturated rings. The average molecular weight is 272 g/mol. The van der Waals surface area contributed by atoms with Crippen LogP contribution < -0.4 is 0 Å². The molecule has 0 bridgehead atoms. The van der Waals surface area contributed by atoms with Crippen molar-refractivity contribution >= 4 is 7.12 Å². The third kappa shape index (κ3) is 4.97. The van der Waals surface area contributed by atoms with Crippen LogP contribution in [0, 0.1) is 0 Å². The second kappa shape index (κ2) is 8.05. The highest BCUT2D eigenvalue weighted by molar-refractivity contribution is 6.49. The molecule has 0 aromatic heterocycles. The van der Waals surface area contributed by atoms with Gasteiger partial charge in [0.1, 0.15) is 0 Å². The zero-order chi connectivity index (χ0) is 14.2. The van der Waals surface area contributed by atoms with Gasteiger partial charge in [0.2, 0.25) is 0 Å². The summed E-state index contributed by atoms with van der Waals surface area (Å²) in [5.41, 5.74) is 2.42. The predicted octanol–water partition coefficient (Wildman–Crippen LogP) is 2.56. The lowest BCUT2D eigenvalue weighted by Gasteiger charge is -2.22. The van der Waals surface area contributed by atoms with E-state index in [1.54, 1.807) is 13.1 Å². The SMILES string of the molecule is COCC1=CB(O)OC(/C=C/CCc2ccccc2)C1. The standard InChI is InChI=1S/C16H21BO3/c1-19-13-15-11-16(20-17(18)12-15)10-6-5-9-14-7-3-2-4-8-14/h2-4,6-8,10,12,16,18H,5,9,11,13H2,1H3/b10-6+. The highest BCUT2D eigenvalue weighted by Crippen LogP contribution is 2.18. The molecule has 3 nitrogen and oxygen atoms in total. The number of aryl methyl sites for hydroxylation is 1. The molecule has 2 rings (SSSR count). The minimum absolute atomic E-state index is 0.0593. The highest BCUT2D eigenvalue weighted by atomic mass is 16.5. The maximum absolute atomic E-state index is 9.62. The maximum atomic E-state index is 9.62. The Balaban J connectivity index is 1.78. The first-order chi connectivity index (χ1) is 9.78. The minimum Gasteiger partial charge on any atom is -0.423 e. The third-order valence-corrected chi connectivity index (χ3v) is 3.28. The van der Waals surface area contributed by atoms with E-state index in [0.29, 0.717) is 6.61 Å². The molecule has 20 heavy (non-hydrogen) atoms. The van der Waals surface area contributed by atoms with Gasteiger partial charge in [-0.1, -0.05) is 48.5 Å². The molecular formula is C16H21BO3. The van der Waals surface area contributed by atoms with Crippen molar-refractivity contribution in [1.29, 1.82) is 0 Å². The van der Waals surface area contributed by atoms with Crippen LogP contribution in [0.5, 0.6) is 0 Å². The molecule has 0 saturated carbocycles. The zero-order valence-corrected chi connectivity index (χ0v) is 11.9. The normalized spacial score (nSPS) is 19.4.